The predicted octanol–water partition coefficient (Wildman–Crippen LogP) is 3.20. The second-order valence-electron chi connectivity index (χ2n) is 5.49. The molecule has 4 unspecified atom stereocenters. The summed E-state index contributed by atoms with van der Waals surface area (Å²) >= 11 is 0. The van der Waals surface area contributed by atoms with Crippen molar-refractivity contribution in [2.75, 3.05) is 6.54 Å². The standard InChI is InChI=1S/C13H25N/c1-10-6-5-7-12(11(10)2)13-8-3-4-9-14-13/h10-14H,3-9H2,1-2H3. The highest BCUT2D eigenvalue weighted by Crippen LogP contribution is 2.37. The van der Waals surface area contributed by atoms with Gasteiger partial charge >= 0.3 is 0 Å². The number of hydrogen-bond donors (Lipinski definition) is 1. The Labute approximate surface area is 88.7 Å². The molecule has 4 atom stereocenters. The summed E-state index contributed by atoms with van der Waals surface area (Å²) in [5.74, 6) is 2.87. The van der Waals surface area contributed by atoms with Crippen molar-refractivity contribution >= 4 is 0 Å². The summed E-state index contributed by atoms with van der Waals surface area (Å²) in [6.45, 7) is 6.19. The van der Waals surface area contributed by atoms with E-state index in [1.807, 2.05) is 0 Å². The number of rotatable bonds is 1. The van der Waals surface area contributed by atoms with E-state index in [0.717, 1.165) is 23.8 Å². The lowest BCUT2D eigenvalue weighted by Crippen LogP contribution is -2.44. The van der Waals surface area contributed by atoms with Crippen molar-refractivity contribution in [2.24, 2.45) is 17.8 Å². The summed E-state index contributed by atoms with van der Waals surface area (Å²) < 4.78 is 0. The Bertz CT molecular complexity index is 172. The zero-order valence-corrected chi connectivity index (χ0v) is 9.76. The average Bonchev–Trinajstić information content (AvgIpc) is 2.23. The molecule has 0 radical (unpaired) electrons. The molecular weight excluding hydrogens is 170 g/mol. The Morgan fingerprint density at radius 2 is 1.79 bits per heavy atom. The number of hydrogen-bond acceptors (Lipinski definition) is 1. The first-order valence-electron chi connectivity index (χ1n) is 6.52. The Kier molecular flexibility index (Phi) is 3.48. The van der Waals surface area contributed by atoms with Crippen LogP contribution in [-0.4, -0.2) is 12.6 Å². The summed E-state index contributed by atoms with van der Waals surface area (Å²) in [7, 11) is 0. The fraction of sp³-hybridized carbons (Fsp3) is 1.00. The van der Waals surface area contributed by atoms with E-state index < -0.39 is 0 Å². The van der Waals surface area contributed by atoms with Crippen LogP contribution in [-0.2, 0) is 0 Å². The van der Waals surface area contributed by atoms with Crippen LogP contribution in [0.2, 0.25) is 0 Å². The highest BCUT2D eigenvalue weighted by atomic mass is 14.9. The van der Waals surface area contributed by atoms with Gasteiger partial charge in [-0.05, 0) is 43.6 Å². The molecule has 1 N–H and O–H groups in total. The van der Waals surface area contributed by atoms with Gasteiger partial charge in [-0.2, -0.15) is 0 Å². The van der Waals surface area contributed by atoms with E-state index in [1.165, 1.54) is 45.1 Å². The van der Waals surface area contributed by atoms with Crippen molar-refractivity contribution < 1.29 is 0 Å². The van der Waals surface area contributed by atoms with Crippen molar-refractivity contribution in [2.45, 2.75) is 58.4 Å². The van der Waals surface area contributed by atoms with Crippen LogP contribution in [0.25, 0.3) is 0 Å². The third kappa shape index (κ3) is 2.13. The van der Waals surface area contributed by atoms with E-state index in [0.29, 0.717) is 0 Å². The SMILES string of the molecule is CC1CCCC(C2CCCCN2)C1C. The fourth-order valence-corrected chi connectivity index (χ4v) is 3.44. The minimum atomic E-state index is 0.849. The van der Waals surface area contributed by atoms with Crippen LogP contribution in [0.15, 0.2) is 0 Å². The zero-order valence-electron chi connectivity index (χ0n) is 9.76. The van der Waals surface area contributed by atoms with E-state index in [2.05, 4.69) is 19.2 Å². The van der Waals surface area contributed by atoms with E-state index >= 15 is 0 Å². The molecule has 0 amide bonds. The number of nitrogens with one attached hydrogen (secondary N) is 1. The molecule has 0 aromatic heterocycles. The zero-order chi connectivity index (χ0) is 9.97. The summed E-state index contributed by atoms with van der Waals surface area (Å²) in [6.07, 6.45) is 8.69. The van der Waals surface area contributed by atoms with Gasteiger partial charge in [-0.25, -0.2) is 0 Å². The summed E-state index contributed by atoms with van der Waals surface area (Å²) in [5, 5.41) is 3.74. The quantitative estimate of drug-likeness (QED) is 0.677. The lowest BCUT2D eigenvalue weighted by molar-refractivity contribution is 0.126. The molecule has 14 heavy (non-hydrogen) atoms. The van der Waals surface area contributed by atoms with Crippen molar-refractivity contribution in [3.8, 4) is 0 Å². The van der Waals surface area contributed by atoms with Crippen molar-refractivity contribution in [1.82, 2.24) is 5.32 Å². The molecule has 0 aromatic rings. The largest absolute Gasteiger partial charge is 0.314 e. The lowest BCUT2D eigenvalue weighted by atomic mass is 9.69. The minimum absolute atomic E-state index is 0.849. The second-order valence-corrected chi connectivity index (χ2v) is 5.49. The minimum Gasteiger partial charge on any atom is -0.314 e. The molecule has 0 spiro atoms. The van der Waals surface area contributed by atoms with Gasteiger partial charge in [0.15, 0.2) is 0 Å². The van der Waals surface area contributed by atoms with E-state index in [1.54, 1.807) is 0 Å². The Morgan fingerprint density at radius 1 is 0.929 bits per heavy atom. The maximum absolute atomic E-state index is 3.74. The second kappa shape index (κ2) is 4.65. The molecular formula is C13H25N. The van der Waals surface area contributed by atoms with Gasteiger partial charge in [-0.15, -0.1) is 0 Å². The van der Waals surface area contributed by atoms with Crippen molar-refractivity contribution in [1.29, 1.82) is 0 Å². The van der Waals surface area contributed by atoms with E-state index in [9.17, 15) is 0 Å². The highest BCUT2D eigenvalue weighted by Gasteiger charge is 2.33. The van der Waals surface area contributed by atoms with Crippen LogP contribution < -0.4 is 5.32 Å². The molecule has 2 rings (SSSR count). The van der Waals surface area contributed by atoms with Gasteiger partial charge in [0.25, 0.3) is 0 Å². The molecule has 1 saturated carbocycles. The highest BCUT2D eigenvalue weighted by molar-refractivity contribution is 4.87. The van der Waals surface area contributed by atoms with Crippen LogP contribution >= 0.6 is 0 Å². The Morgan fingerprint density at radius 3 is 2.50 bits per heavy atom. The molecule has 1 heteroatoms. The van der Waals surface area contributed by atoms with E-state index in [4.69, 9.17) is 0 Å². The smallest absolute Gasteiger partial charge is 0.00979 e. The molecule has 82 valence electrons. The third-order valence-electron chi connectivity index (χ3n) is 4.64. The molecule has 1 saturated heterocycles. The summed E-state index contributed by atoms with van der Waals surface area (Å²) in [6, 6.07) is 0.849. The van der Waals surface area contributed by atoms with Crippen LogP contribution in [0.1, 0.15) is 52.4 Å². The van der Waals surface area contributed by atoms with Crippen molar-refractivity contribution in [3.05, 3.63) is 0 Å². The first kappa shape index (κ1) is 10.5. The van der Waals surface area contributed by atoms with Crippen LogP contribution in [0.4, 0.5) is 0 Å². The van der Waals surface area contributed by atoms with E-state index in [-0.39, 0.29) is 0 Å². The summed E-state index contributed by atoms with van der Waals surface area (Å²) in [4.78, 5) is 0. The van der Waals surface area contributed by atoms with Gasteiger partial charge < -0.3 is 5.32 Å². The third-order valence-corrected chi connectivity index (χ3v) is 4.64. The molecule has 1 aliphatic heterocycles. The molecule has 2 fully saturated rings. The first-order chi connectivity index (χ1) is 6.79. The first-order valence-corrected chi connectivity index (χ1v) is 6.52. The van der Waals surface area contributed by atoms with Crippen molar-refractivity contribution in [3.63, 3.8) is 0 Å². The Balaban J connectivity index is 1.93. The van der Waals surface area contributed by atoms with Gasteiger partial charge in [0.2, 0.25) is 0 Å². The number of piperidine rings is 1. The van der Waals surface area contributed by atoms with Gasteiger partial charge in [0.05, 0.1) is 0 Å². The molecule has 1 heterocycles. The molecule has 0 bridgehead atoms. The van der Waals surface area contributed by atoms with Crippen LogP contribution in [0.5, 0.6) is 0 Å². The topological polar surface area (TPSA) is 12.0 Å². The van der Waals surface area contributed by atoms with Crippen LogP contribution in [0, 0.1) is 17.8 Å². The maximum Gasteiger partial charge on any atom is 0.00979 e. The molecule has 2 aliphatic rings. The summed E-state index contributed by atoms with van der Waals surface area (Å²) in [5.41, 5.74) is 0. The van der Waals surface area contributed by atoms with Gasteiger partial charge in [0.1, 0.15) is 0 Å². The predicted molar refractivity (Wildman–Crippen MR) is 61.3 cm³/mol. The molecule has 1 nitrogen and oxygen atoms in total. The molecule has 0 aromatic carbocycles. The van der Waals surface area contributed by atoms with Gasteiger partial charge in [-0.3, -0.25) is 0 Å². The van der Waals surface area contributed by atoms with Gasteiger partial charge in [-0.1, -0.05) is 33.1 Å². The van der Waals surface area contributed by atoms with Crippen LogP contribution in [0.3, 0.4) is 0 Å². The maximum atomic E-state index is 3.74. The monoisotopic (exact) mass is 195 g/mol. The fourth-order valence-electron chi connectivity index (χ4n) is 3.44. The normalized spacial score (nSPS) is 45.0. The lowest BCUT2D eigenvalue weighted by Gasteiger charge is -2.41. The average molecular weight is 195 g/mol. The molecule has 1 aliphatic carbocycles. The van der Waals surface area contributed by atoms with Gasteiger partial charge in [0, 0.05) is 6.04 Å². The Hall–Kier alpha value is -0.0400.